The van der Waals surface area contributed by atoms with Crippen LogP contribution in [-0.2, 0) is 4.79 Å². The van der Waals surface area contributed by atoms with E-state index in [0.29, 0.717) is 23.0 Å². The fourth-order valence-electron chi connectivity index (χ4n) is 7.97. The highest BCUT2D eigenvalue weighted by atomic mass is 16.3. The second-order valence-electron chi connectivity index (χ2n) is 10.5. The van der Waals surface area contributed by atoms with Gasteiger partial charge in [-0.1, -0.05) is 39.3 Å². The van der Waals surface area contributed by atoms with Gasteiger partial charge in [0.1, 0.15) is 5.78 Å². The molecule has 0 saturated heterocycles. The van der Waals surface area contributed by atoms with Crippen molar-refractivity contribution >= 4 is 5.78 Å². The molecule has 0 aromatic carbocycles. The summed E-state index contributed by atoms with van der Waals surface area (Å²) in [6, 6.07) is 0. The van der Waals surface area contributed by atoms with Gasteiger partial charge in [0.25, 0.3) is 0 Å². The normalized spacial score (nSPS) is 55.0. The topological polar surface area (TPSA) is 37.3 Å². The molecule has 0 amide bonds. The Kier molecular flexibility index (Phi) is 3.87. The van der Waals surface area contributed by atoms with Crippen molar-refractivity contribution in [3.05, 3.63) is 11.6 Å². The van der Waals surface area contributed by atoms with E-state index in [0.717, 1.165) is 31.1 Å². The molecule has 0 spiro atoms. The molecule has 0 aliphatic heterocycles. The van der Waals surface area contributed by atoms with Crippen molar-refractivity contribution < 1.29 is 9.90 Å². The number of carbonyl (C=O) groups is 1. The van der Waals surface area contributed by atoms with Crippen molar-refractivity contribution in [2.24, 2.45) is 39.9 Å². The lowest BCUT2D eigenvalue weighted by atomic mass is 9.45. The zero-order valence-electron chi connectivity index (χ0n) is 16.8. The average molecular weight is 345 g/mol. The lowest BCUT2D eigenvalue weighted by Crippen LogP contribution is -2.53. The standard InChI is InChI=1S/C23H36O2/c1-14-12-20-18-7-6-16-13-17(25)8-10-21(16,3)19(18)9-11-22(20,4)23(14,5)15(2)24/h6,14,17-20,25H,7-13H2,1-5H3/t14-,17-,18-,19+,20-,21+,22+,23-/m0/s1. The Labute approximate surface area is 153 Å². The van der Waals surface area contributed by atoms with Crippen LogP contribution in [0.1, 0.15) is 79.6 Å². The van der Waals surface area contributed by atoms with Crippen LogP contribution in [0.2, 0.25) is 0 Å². The lowest BCUT2D eigenvalue weighted by Gasteiger charge is -2.59. The number of ketones is 1. The molecule has 1 N–H and O–H groups in total. The summed E-state index contributed by atoms with van der Waals surface area (Å²) in [6.45, 7) is 11.3. The molecule has 0 bridgehead atoms. The summed E-state index contributed by atoms with van der Waals surface area (Å²) in [6.07, 6.45) is 10.2. The first-order chi connectivity index (χ1) is 11.6. The van der Waals surface area contributed by atoms with Gasteiger partial charge in [-0.2, -0.15) is 0 Å². The van der Waals surface area contributed by atoms with E-state index in [1.54, 1.807) is 0 Å². The second-order valence-corrected chi connectivity index (χ2v) is 10.5. The first-order valence-electron chi connectivity index (χ1n) is 10.5. The van der Waals surface area contributed by atoms with Gasteiger partial charge in [0.15, 0.2) is 0 Å². The maximum atomic E-state index is 12.7. The third-order valence-electron chi connectivity index (χ3n) is 9.98. The van der Waals surface area contributed by atoms with Crippen LogP contribution < -0.4 is 0 Å². The molecule has 25 heavy (non-hydrogen) atoms. The summed E-state index contributed by atoms with van der Waals surface area (Å²) >= 11 is 0. The second kappa shape index (κ2) is 5.44. The molecule has 4 rings (SSSR count). The van der Waals surface area contributed by atoms with Gasteiger partial charge in [0.2, 0.25) is 0 Å². The van der Waals surface area contributed by atoms with Gasteiger partial charge in [-0.15, -0.1) is 0 Å². The SMILES string of the molecule is CC(=O)[C@]1(C)[C@@H](C)C[C@H]2[C@H]3CC=C4C[C@@H](O)CC[C@@]4(C)[C@@H]3CC[C@]21C. The molecule has 3 fully saturated rings. The largest absolute Gasteiger partial charge is 0.393 e. The fourth-order valence-corrected chi connectivity index (χ4v) is 7.97. The highest BCUT2D eigenvalue weighted by Gasteiger charge is 2.66. The molecule has 0 aromatic heterocycles. The summed E-state index contributed by atoms with van der Waals surface area (Å²) in [5, 5.41) is 10.1. The monoisotopic (exact) mass is 344 g/mol. The minimum absolute atomic E-state index is 0.128. The summed E-state index contributed by atoms with van der Waals surface area (Å²) in [5.41, 5.74) is 1.84. The predicted octanol–water partition coefficient (Wildman–Crippen LogP) is 5.15. The van der Waals surface area contributed by atoms with Gasteiger partial charge in [-0.3, -0.25) is 4.79 Å². The van der Waals surface area contributed by atoms with Gasteiger partial charge in [-0.05, 0) is 86.4 Å². The summed E-state index contributed by atoms with van der Waals surface area (Å²) in [5.74, 6) is 3.05. The van der Waals surface area contributed by atoms with Crippen LogP contribution in [0.4, 0.5) is 0 Å². The fraction of sp³-hybridized carbons (Fsp3) is 0.870. The molecule has 140 valence electrons. The first kappa shape index (κ1) is 17.8. The van der Waals surface area contributed by atoms with Gasteiger partial charge in [0.05, 0.1) is 6.10 Å². The summed E-state index contributed by atoms with van der Waals surface area (Å²) in [7, 11) is 0. The molecule has 4 aliphatic rings. The van der Waals surface area contributed by atoms with Crippen molar-refractivity contribution in [1.82, 2.24) is 0 Å². The Hall–Kier alpha value is -0.630. The molecular formula is C23H36O2. The highest BCUT2D eigenvalue weighted by Crippen LogP contribution is 2.71. The molecule has 0 aromatic rings. The number of fused-ring (bicyclic) bond motifs is 5. The number of Topliss-reactive ketones (excluding diaryl/α,β-unsaturated/α-hetero) is 1. The molecule has 0 radical (unpaired) electrons. The zero-order chi connectivity index (χ0) is 18.2. The molecular weight excluding hydrogens is 308 g/mol. The number of carbonyl (C=O) groups excluding carboxylic acids is 1. The first-order valence-corrected chi connectivity index (χ1v) is 10.5. The van der Waals surface area contributed by atoms with Crippen LogP contribution in [0, 0.1) is 39.9 Å². The van der Waals surface area contributed by atoms with Crippen molar-refractivity contribution in [2.75, 3.05) is 0 Å². The van der Waals surface area contributed by atoms with Gasteiger partial charge < -0.3 is 5.11 Å². The average Bonchev–Trinajstić information content (AvgIpc) is 2.77. The third kappa shape index (κ3) is 2.10. The molecule has 8 atom stereocenters. The van der Waals surface area contributed by atoms with Crippen molar-refractivity contribution in [1.29, 1.82) is 0 Å². The Morgan fingerprint density at radius 1 is 1.16 bits per heavy atom. The summed E-state index contributed by atoms with van der Waals surface area (Å²) < 4.78 is 0. The van der Waals surface area contributed by atoms with Crippen molar-refractivity contribution in [2.45, 2.75) is 85.7 Å². The van der Waals surface area contributed by atoms with Crippen molar-refractivity contribution in [3.63, 3.8) is 0 Å². The molecule has 0 heterocycles. The minimum atomic E-state index is -0.156. The molecule has 2 heteroatoms. The quantitative estimate of drug-likeness (QED) is 0.668. The van der Waals surface area contributed by atoms with Gasteiger partial charge in [-0.25, -0.2) is 0 Å². The van der Waals surface area contributed by atoms with E-state index in [1.807, 2.05) is 6.92 Å². The van der Waals surface area contributed by atoms with E-state index >= 15 is 0 Å². The van der Waals surface area contributed by atoms with E-state index in [-0.39, 0.29) is 16.9 Å². The highest BCUT2D eigenvalue weighted by molar-refractivity contribution is 5.83. The lowest BCUT2D eigenvalue weighted by molar-refractivity contribution is -0.140. The van der Waals surface area contributed by atoms with Gasteiger partial charge in [0, 0.05) is 5.41 Å². The van der Waals surface area contributed by atoms with Crippen LogP contribution in [0.15, 0.2) is 11.6 Å². The van der Waals surface area contributed by atoms with Crippen LogP contribution in [-0.4, -0.2) is 17.0 Å². The van der Waals surface area contributed by atoms with Gasteiger partial charge >= 0.3 is 0 Å². The van der Waals surface area contributed by atoms with Crippen LogP contribution in [0.5, 0.6) is 0 Å². The molecule has 4 aliphatic carbocycles. The van der Waals surface area contributed by atoms with Crippen molar-refractivity contribution in [3.8, 4) is 0 Å². The number of aliphatic hydroxyl groups is 1. The maximum Gasteiger partial charge on any atom is 0.136 e. The Balaban J connectivity index is 1.72. The van der Waals surface area contributed by atoms with E-state index in [1.165, 1.54) is 31.3 Å². The number of allylic oxidation sites excluding steroid dienone is 1. The smallest absolute Gasteiger partial charge is 0.136 e. The van der Waals surface area contributed by atoms with E-state index in [2.05, 4.69) is 33.8 Å². The van der Waals surface area contributed by atoms with Crippen LogP contribution in [0.25, 0.3) is 0 Å². The molecule has 0 unspecified atom stereocenters. The molecule has 3 saturated carbocycles. The minimum Gasteiger partial charge on any atom is -0.393 e. The Morgan fingerprint density at radius 2 is 1.88 bits per heavy atom. The molecule has 2 nitrogen and oxygen atoms in total. The van der Waals surface area contributed by atoms with Crippen LogP contribution >= 0.6 is 0 Å². The summed E-state index contributed by atoms with van der Waals surface area (Å²) in [4.78, 5) is 12.7. The number of aliphatic hydroxyl groups excluding tert-OH is 1. The maximum absolute atomic E-state index is 12.7. The number of hydrogen-bond donors (Lipinski definition) is 1. The number of hydrogen-bond acceptors (Lipinski definition) is 2. The predicted molar refractivity (Wildman–Crippen MR) is 101 cm³/mol. The third-order valence-corrected chi connectivity index (χ3v) is 9.98. The van der Waals surface area contributed by atoms with E-state index in [4.69, 9.17) is 0 Å². The van der Waals surface area contributed by atoms with Crippen LogP contribution in [0.3, 0.4) is 0 Å². The zero-order valence-corrected chi connectivity index (χ0v) is 16.8. The Morgan fingerprint density at radius 3 is 2.56 bits per heavy atom. The van der Waals surface area contributed by atoms with E-state index < -0.39 is 0 Å². The number of rotatable bonds is 1. The Bertz CT molecular complexity index is 622. The van der Waals surface area contributed by atoms with E-state index in [9.17, 15) is 9.90 Å².